The van der Waals surface area contributed by atoms with Crippen molar-refractivity contribution in [3.63, 3.8) is 0 Å². The fourth-order valence-corrected chi connectivity index (χ4v) is 3.51. The summed E-state index contributed by atoms with van der Waals surface area (Å²) >= 11 is 12.0. The summed E-state index contributed by atoms with van der Waals surface area (Å²) in [7, 11) is 0. The van der Waals surface area contributed by atoms with Gasteiger partial charge in [-0.2, -0.15) is 13.2 Å². The first-order valence-electron chi connectivity index (χ1n) is 10.5. The first kappa shape index (κ1) is 29.4. The maximum atomic E-state index is 12.2. The lowest BCUT2D eigenvalue weighted by Crippen LogP contribution is -2.47. The zero-order valence-corrected chi connectivity index (χ0v) is 20.2. The summed E-state index contributed by atoms with van der Waals surface area (Å²) in [5.74, 6) is -3.87. The van der Waals surface area contributed by atoms with Gasteiger partial charge in [0.05, 0.1) is 34.7 Å². The number of alkyl halides is 3. The highest BCUT2D eigenvalue weighted by Gasteiger charge is 2.38. The third kappa shape index (κ3) is 10.0. The summed E-state index contributed by atoms with van der Waals surface area (Å²) in [6.45, 7) is 3.26. The molecule has 13 heteroatoms. The lowest BCUT2D eigenvalue weighted by atomic mass is 10.1. The van der Waals surface area contributed by atoms with E-state index in [2.05, 4.69) is 10.2 Å². The van der Waals surface area contributed by atoms with Crippen LogP contribution in [0.3, 0.4) is 0 Å². The van der Waals surface area contributed by atoms with Crippen LogP contribution in [0.4, 0.5) is 13.2 Å². The predicted molar refractivity (Wildman–Crippen MR) is 125 cm³/mol. The van der Waals surface area contributed by atoms with Gasteiger partial charge >= 0.3 is 18.1 Å². The molecular formula is C23H23Cl2F3N2O6. The highest BCUT2D eigenvalue weighted by molar-refractivity contribution is 6.42. The highest BCUT2D eigenvalue weighted by atomic mass is 35.5. The SMILES string of the molecule is O=C(Cc1ccc(C(=O)O)cc1)NCC1CN(Cc2ccc(Cl)c(Cl)c2)CCO1.O=C(O)C(F)(F)F. The van der Waals surface area contributed by atoms with Gasteiger partial charge in [0, 0.05) is 26.2 Å². The minimum atomic E-state index is -5.08. The van der Waals surface area contributed by atoms with E-state index in [1.165, 1.54) is 12.1 Å². The maximum absolute atomic E-state index is 12.2. The molecule has 1 heterocycles. The number of nitrogens with zero attached hydrogens (tertiary/aromatic N) is 1. The number of carboxylic acid groups (broad SMARTS) is 2. The molecule has 1 fully saturated rings. The van der Waals surface area contributed by atoms with E-state index in [0.29, 0.717) is 29.7 Å². The van der Waals surface area contributed by atoms with Gasteiger partial charge in [-0.15, -0.1) is 0 Å². The molecule has 1 saturated heterocycles. The van der Waals surface area contributed by atoms with Crippen molar-refractivity contribution in [2.24, 2.45) is 0 Å². The van der Waals surface area contributed by atoms with Crippen molar-refractivity contribution in [2.75, 3.05) is 26.2 Å². The minimum absolute atomic E-state index is 0.0927. The third-order valence-electron chi connectivity index (χ3n) is 4.95. The van der Waals surface area contributed by atoms with Crippen LogP contribution in [-0.4, -0.2) is 71.5 Å². The van der Waals surface area contributed by atoms with E-state index in [-0.39, 0.29) is 24.0 Å². The van der Waals surface area contributed by atoms with Crippen LogP contribution in [-0.2, 0) is 27.3 Å². The van der Waals surface area contributed by atoms with Gasteiger partial charge in [0.25, 0.3) is 0 Å². The number of benzene rings is 2. The van der Waals surface area contributed by atoms with E-state index < -0.39 is 18.1 Å². The summed E-state index contributed by atoms with van der Waals surface area (Å²) in [5, 5.41) is 20.0. The van der Waals surface area contributed by atoms with Gasteiger partial charge in [0.15, 0.2) is 0 Å². The Labute approximate surface area is 214 Å². The molecule has 3 N–H and O–H groups in total. The van der Waals surface area contributed by atoms with Gasteiger partial charge in [-0.3, -0.25) is 9.69 Å². The summed E-state index contributed by atoms with van der Waals surface area (Å²) in [6, 6.07) is 11.9. The largest absolute Gasteiger partial charge is 0.490 e. The molecule has 0 bridgehead atoms. The Morgan fingerprint density at radius 1 is 1.03 bits per heavy atom. The quantitative estimate of drug-likeness (QED) is 0.479. The van der Waals surface area contributed by atoms with E-state index in [4.69, 9.17) is 42.9 Å². The molecule has 1 aliphatic heterocycles. The Morgan fingerprint density at radius 3 is 2.19 bits per heavy atom. The average molecular weight is 551 g/mol. The Morgan fingerprint density at radius 2 is 1.64 bits per heavy atom. The standard InChI is InChI=1S/C21H22Cl2N2O4.C2HF3O2/c22-18-6-3-15(9-19(18)23)12-25-7-8-29-17(13-25)11-24-20(26)10-14-1-4-16(5-2-14)21(27)28;3-2(4,5)1(6)7/h1-6,9,17H,7-8,10-13H2,(H,24,26)(H,27,28);(H,6,7). The number of nitrogens with one attached hydrogen (secondary N) is 1. The second kappa shape index (κ2) is 13.4. The van der Waals surface area contributed by atoms with E-state index in [9.17, 15) is 22.8 Å². The second-order valence-corrected chi connectivity index (χ2v) is 8.58. The maximum Gasteiger partial charge on any atom is 0.490 e. The van der Waals surface area contributed by atoms with Crippen molar-refractivity contribution in [2.45, 2.75) is 25.2 Å². The van der Waals surface area contributed by atoms with Crippen LogP contribution >= 0.6 is 23.2 Å². The molecule has 36 heavy (non-hydrogen) atoms. The summed E-state index contributed by atoms with van der Waals surface area (Å²) < 4.78 is 37.5. The number of carbonyl (C=O) groups is 3. The van der Waals surface area contributed by atoms with Crippen molar-refractivity contribution in [3.8, 4) is 0 Å². The van der Waals surface area contributed by atoms with Gasteiger partial charge in [-0.1, -0.05) is 41.4 Å². The summed E-state index contributed by atoms with van der Waals surface area (Å²) in [4.78, 5) is 34.2. The zero-order chi connectivity index (χ0) is 26.9. The van der Waals surface area contributed by atoms with E-state index in [0.717, 1.165) is 24.2 Å². The Kier molecular flexibility index (Phi) is 11.0. The molecule has 0 aliphatic carbocycles. The van der Waals surface area contributed by atoms with Crippen molar-refractivity contribution >= 4 is 41.0 Å². The molecule has 1 aliphatic rings. The molecule has 1 amide bonds. The van der Waals surface area contributed by atoms with Gasteiger partial charge < -0.3 is 20.3 Å². The van der Waals surface area contributed by atoms with Crippen LogP contribution in [0.25, 0.3) is 0 Å². The number of morpholine rings is 1. The van der Waals surface area contributed by atoms with Crippen LogP contribution < -0.4 is 5.32 Å². The fraction of sp³-hybridized carbons (Fsp3) is 0.348. The van der Waals surface area contributed by atoms with Gasteiger partial charge in [-0.25, -0.2) is 9.59 Å². The number of ether oxygens (including phenoxy) is 1. The van der Waals surface area contributed by atoms with Crippen molar-refractivity contribution in [1.82, 2.24) is 10.2 Å². The summed E-state index contributed by atoms with van der Waals surface area (Å²) in [6.07, 6.45) is -4.98. The second-order valence-electron chi connectivity index (χ2n) is 7.76. The molecule has 0 radical (unpaired) electrons. The molecular weight excluding hydrogens is 528 g/mol. The van der Waals surface area contributed by atoms with Crippen LogP contribution in [0.1, 0.15) is 21.5 Å². The molecule has 1 unspecified atom stereocenters. The van der Waals surface area contributed by atoms with Crippen LogP contribution in [0.5, 0.6) is 0 Å². The van der Waals surface area contributed by atoms with E-state index in [1.54, 1.807) is 18.2 Å². The van der Waals surface area contributed by atoms with Gasteiger partial charge in [0.1, 0.15) is 0 Å². The number of carbonyl (C=O) groups excluding carboxylic acids is 1. The lowest BCUT2D eigenvalue weighted by molar-refractivity contribution is -0.192. The zero-order valence-electron chi connectivity index (χ0n) is 18.7. The number of carboxylic acids is 2. The molecule has 196 valence electrons. The molecule has 0 aromatic heterocycles. The number of hydrogen-bond acceptors (Lipinski definition) is 5. The van der Waals surface area contributed by atoms with Crippen molar-refractivity contribution in [3.05, 3.63) is 69.2 Å². The van der Waals surface area contributed by atoms with Gasteiger partial charge in [-0.05, 0) is 35.4 Å². The monoisotopic (exact) mass is 550 g/mol. The summed E-state index contributed by atoms with van der Waals surface area (Å²) in [5.41, 5.74) is 2.04. The number of aromatic carboxylic acids is 1. The molecule has 3 rings (SSSR count). The number of hydrogen-bond donors (Lipinski definition) is 3. The minimum Gasteiger partial charge on any atom is -0.478 e. The molecule has 1 atom stereocenters. The first-order valence-corrected chi connectivity index (χ1v) is 11.3. The number of amides is 1. The van der Waals surface area contributed by atoms with E-state index in [1.807, 2.05) is 12.1 Å². The Bertz CT molecular complexity index is 1070. The number of aliphatic carboxylic acids is 1. The van der Waals surface area contributed by atoms with Crippen LogP contribution in [0.15, 0.2) is 42.5 Å². The molecule has 2 aromatic rings. The Balaban J connectivity index is 0.000000572. The molecule has 2 aromatic carbocycles. The molecule has 0 spiro atoms. The van der Waals surface area contributed by atoms with Crippen molar-refractivity contribution < 1.29 is 42.5 Å². The van der Waals surface area contributed by atoms with Crippen LogP contribution in [0, 0.1) is 0 Å². The topological polar surface area (TPSA) is 116 Å². The molecule has 0 saturated carbocycles. The Hall–Kier alpha value is -2.86. The number of halogens is 5. The predicted octanol–water partition coefficient (Wildman–Crippen LogP) is 3.88. The van der Waals surface area contributed by atoms with E-state index >= 15 is 0 Å². The van der Waals surface area contributed by atoms with Crippen molar-refractivity contribution in [1.29, 1.82) is 0 Å². The third-order valence-corrected chi connectivity index (χ3v) is 5.69. The van der Waals surface area contributed by atoms with Crippen LogP contribution in [0.2, 0.25) is 10.0 Å². The number of rotatable bonds is 7. The molecule has 8 nitrogen and oxygen atoms in total. The fourth-order valence-electron chi connectivity index (χ4n) is 3.18. The normalized spacial score (nSPS) is 16.0. The van der Waals surface area contributed by atoms with Gasteiger partial charge in [0.2, 0.25) is 5.91 Å². The first-order chi connectivity index (χ1) is 16.8. The smallest absolute Gasteiger partial charge is 0.478 e. The lowest BCUT2D eigenvalue weighted by Gasteiger charge is -2.33. The highest BCUT2D eigenvalue weighted by Crippen LogP contribution is 2.23. The average Bonchev–Trinajstić information content (AvgIpc) is 2.80.